The molecule has 0 heterocycles. The number of rotatable bonds is 10. The van der Waals surface area contributed by atoms with Crippen molar-refractivity contribution in [2.24, 2.45) is 11.5 Å². The van der Waals surface area contributed by atoms with Crippen molar-refractivity contribution in [1.29, 1.82) is 0 Å². The standard InChI is InChI=1S/C17H24N4O5/c1-10(17(25)26)20-16(24)13(9-11-5-3-2-4-6-11)21-15(23)12(18)7-8-14(19)22/h2-6,10,12-13H,7-9,18H2,1H3,(H2,19,22)(H,20,24)(H,21,23)(H,25,26). The molecule has 0 saturated carbocycles. The molecule has 0 spiro atoms. The fraction of sp³-hybridized carbons (Fsp3) is 0.412. The van der Waals surface area contributed by atoms with Gasteiger partial charge in [-0.3, -0.25) is 19.2 Å². The smallest absolute Gasteiger partial charge is 0.325 e. The molecular formula is C17H24N4O5. The van der Waals surface area contributed by atoms with Crippen LogP contribution in [0.1, 0.15) is 25.3 Å². The Labute approximate surface area is 151 Å². The second-order valence-corrected chi connectivity index (χ2v) is 5.93. The van der Waals surface area contributed by atoms with E-state index < -0.39 is 41.8 Å². The maximum atomic E-state index is 12.4. The molecule has 0 aliphatic heterocycles. The van der Waals surface area contributed by atoms with Crippen LogP contribution >= 0.6 is 0 Å². The Kier molecular flexibility index (Phi) is 8.23. The zero-order valence-corrected chi connectivity index (χ0v) is 14.5. The Morgan fingerprint density at radius 1 is 1.08 bits per heavy atom. The van der Waals surface area contributed by atoms with E-state index >= 15 is 0 Å². The van der Waals surface area contributed by atoms with Gasteiger partial charge in [0.05, 0.1) is 6.04 Å². The molecule has 7 N–H and O–H groups in total. The van der Waals surface area contributed by atoms with Gasteiger partial charge in [0.15, 0.2) is 0 Å². The van der Waals surface area contributed by atoms with Crippen LogP contribution in [-0.4, -0.2) is 46.9 Å². The number of primary amides is 1. The number of carbonyl (C=O) groups is 4. The predicted octanol–water partition coefficient (Wildman–Crippen LogP) is -1.10. The van der Waals surface area contributed by atoms with Crippen LogP contribution in [0, 0.1) is 0 Å². The summed E-state index contributed by atoms with van der Waals surface area (Å²) >= 11 is 0. The third-order valence-corrected chi connectivity index (χ3v) is 3.68. The number of hydrogen-bond donors (Lipinski definition) is 5. The summed E-state index contributed by atoms with van der Waals surface area (Å²) in [5.74, 6) is -3.03. The topological polar surface area (TPSA) is 165 Å². The van der Waals surface area contributed by atoms with Gasteiger partial charge in [0.2, 0.25) is 17.7 Å². The molecular weight excluding hydrogens is 340 g/mol. The molecule has 1 aromatic carbocycles. The van der Waals surface area contributed by atoms with Crippen LogP contribution < -0.4 is 22.1 Å². The monoisotopic (exact) mass is 364 g/mol. The summed E-state index contributed by atoms with van der Waals surface area (Å²) in [5, 5.41) is 13.8. The zero-order valence-electron chi connectivity index (χ0n) is 14.5. The van der Waals surface area contributed by atoms with Crippen molar-refractivity contribution in [3.8, 4) is 0 Å². The predicted molar refractivity (Wildman–Crippen MR) is 93.7 cm³/mol. The number of carboxylic acid groups (broad SMARTS) is 1. The molecule has 0 aliphatic rings. The number of nitrogens with two attached hydrogens (primary N) is 2. The highest BCUT2D eigenvalue weighted by Crippen LogP contribution is 2.05. The molecule has 9 nitrogen and oxygen atoms in total. The fourth-order valence-corrected chi connectivity index (χ4v) is 2.14. The SMILES string of the molecule is CC(NC(=O)C(Cc1ccccc1)NC(=O)C(N)CCC(N)=O)C(=O)O. The molecule has 9 heteroatoms. The fourth-order valence-electron chi connectivity index (χ4n) is 2.14. The van der Waals surface area contributed by atoms with Crippen molar-refractivity contribution in [3.05, 3.63) is 35.9 Å². The number of amides is 3. The van der Waals surface area contributed by atoms with Gasteiger partial charge in [-0.1, -0.05) is 30.3 Å². The molecule has 0 aromatic heterocycles. The van der Waals surface area contributed by atoms with Crippen molar-refractivity contribution in [1.82, 2.24) is 10.6 Å². The third-order valence-electron chi connectivity index (χ3n) is 3.68. The Hall–Kier alpha value is -2.94. The first-order chi connectivity index (χ1) is 12.2. The minimum atomic E-state index is -1.19. The lowest BCUT2D eigenvalue weighted by Gasteiger charge is -2.22. The third kappa shape index (κ3) is 7.31. The highest BCUT2D eigenvalue weighted by molar-refractivity contribution is 5.92. The minimum Gasteiger partial charge on any atom is -0.480 e. The van der Waals surface area contributed by atoms with Crippen LogP contribution in [0.2, 0.25) is 0 Å². The van der Waals surface area contributed by atoms with E-state index in [1.807, 2.05) is 6.07 Å². The Bertz CT molecular complexity index is 650. The maximum Gasteiger partial charge on any atom is 0.325 e. The summed E-state index contributed by atoms with van der Waals surface area (Å²) in [7, 11) is 0. The first-order valence-electron chi connectivity index (χ1n) is 8.12. The van der Waals surface area contributed by atoms with Crippen LogP contribution in [-0.2, 0) is 25.6 Å². The van der Waals surface area contributed by atoms with Gasteiger partial charge in [-0.2, -0.15) is 0 Å². The average Bonchev–Trinajstić information content (AvgIpc) is 2.59. The van der Waals surface area contributed by atoms with E-state index in [2.05, 4.69) is 10.6 Å². The summed E-state index contributed by atoms with van der Waals surface area (Å²) in [6.45, 7) is 1.32. The van der Waals surface area contributed by atoms with E-state index in [0.717, 1.165) is 5.56 Å². The molecule has 142 valence electrons. The largest absolute Gasteiger partial charge is 0.480 e. The van der Waals surface area contributed by atoms with Gasteiger partial charge in [-0.25, -0.2) is 0 Å². The van der Waals surface area contributed by atoms with Gasteiger partial charge in [-0.05, 0) is 18.9 Å². The summed E-state index contributed by atoms with van der Waals surface area (Å²) in [5.41, 5.74) is 11.5. The zero-order chi connectivity index (χ0) is 19.7. The second kappa shape index (κ2) is 10.1. The van der Waals surface area contributed by atoms with Crippen LogP contribution in [0.5, 0.6) is 0 Å². The van der Waals surface area contributed by atoms with Crippen molar-refractivity contribution < 1.29 is 24.3 Å². The minimum absolute atomic E-state index is 0.0480. The van der Waals surface area contributed by atoms with Crippen LogP contribution in [0.3, 0.4) is 0 Å². The number of carboxylic acids is 1. The molecule has 0 radical (unpaired) electrons. The number of hydrogen-bond acceptors (Lipinski definition) is 5. The van der Waals surface area contributed by atoms with E-state index in [0.29, 0.717) is 0 Å². The van der Waals surface area contributed by atoms with Gasteiger partial charge >= 0.3 is 5.97 Å². The lowest BCUT2D eigenvalue weighted by molar-refractivity contribution is -0.141. The van der Waals surface area contributed by atoms with Crippen LogP contribution in [0.4, 0.5) is 0 Å². The Balaban J connectivity index is 2.82. The van der Waals surface area contributed by atoms with E-state index in [1.165, 1.54) is 6.92 Å². The molecule has 3 atom stereocenters. The van der Waals surface area contributed by atoms with Crippen LogP contribution in [0.25, 0.3) is 0 Å². The summed E-state index contributed by atoms with van der Waals surface area (Å²) in [6.07, 6.45) is 0.153. The summed E-state index contributed by atoms with van der Waals surface area (Å²) in [4.78, 5) is 46.3. The molecule has 1 rings (SSSR count). The number of nitrogens with one attached hydrogen (secondary N) is 2. The second-order valence-electron chi connectivity index (χ2n) is 5.93. The maximum absolute atomic E-state index is 12.4. The number of carbonyl (C=O) groups excluding carboxylic acids is 3. The summed E-state index contributed by atoms with van der Waals surface area (Å²) in [6, 6.07) is 5.80. The van der Waals surface area contributed by atoms with Crippen molar-refractivity contribution in [2.45, 2.75) is 44.3 Å². The molecule has 3 amide bonds. The van der Waals surface area contributed by atoms with Gasteiger partial charge in [0, 0.05) is 12.8 Å². The molecule has 0 bridgehead atoms. The lowest BCUT2D eigenvalue weighted by atomic mass is 10.0. The Morgan fingerprint density at radius 3 is 2.23 bits per heavy atom. The average molecular weight is 364 g/mol. The van der Waals surface area contributed by atoms with Gasteiger partial charge in [0.25, 0.3) is 0 Å². The van der Waals surface area contributed by atoms with Gasteiger partial charge < -0.3 is 27.2 Å². The highest BCUT2D eigenvalue weighted by Gasteiger charge is 2.26. The molecule has 3 unspecified atom stereocenters. The first kappa shape index (κ1) is 21.1. The number of aliphatic carboxylic acids is 1. The normalized spacial score (nSPS) is 13.9. The van der Waals surface area contributed by atoms with Crippen molar-refractivity contribution in [3.63, 3.8) is 0 Å². The van der Waals surface area contributed by atoms with Gasteiger partial charge in [0.1, 0.15) is 12.1 Å². The molecule has 0 fully saturated rings. The van der Waals surface area contributed by atoms with Gasteiger partial charge in [-0.15, -0.1) is 0 Å². The quantitative estimate of drug-likeness (QED) is 0.353. The van der Waals surface area contributed by atoms with E-state index in [-0.39, 0.29) is 19.3 Å². The molecule has 1 aromatic rings. The summed E-state index contributed by atoms with van der Waals surface area (Å²) < 4.78 is 0. The van der Waals surface area contributed by atoms with Crippen molar-refractivity contribution in [2.75, 3.05) is 0 Å². The van der Waals surface area contributed by atoms with Crippen LogP contribution in [0.15, 0.2) is 30.3 Å². The van der Waals surface area contributed by atoms with E-state index in [4.69, 9.17) is 16.6 Å². The van der Waals surface area contributed by atoms with E-state index in [1.54, 1.807) is 24.3 Å². The Morgan fingerprint density at radius 2 is 1.69 bits per heavy atom. The first-order valence-corrected chi connectivity index (χ1v) is 8.12. The van der Waals surface area contributed by atoms with Crippen molar-refractivity contribution >= 4 is 23.7 Å². The molecule has 26 heavy (non-hydrogen) atoms. The molecule has 0 aliphatic carbocycles. The number of benzene rings is 1. The molecule has 0 saturated heterocycles. The lowest BCUT2D eigenvalue weighted by Crippen LogP contribution is -2.54. The highest BCUT2D eigenvalue weighted by atomic mass is 16.4. The van der Waals surface area contributed by atoms with E-state index in [9.17, 15) is 19.2 Å².